The molecule has 0 saturated carbocycles. The Morgan fingerprint density at radius 3 is 2.52 bits per heavy atom. The van der Waals surface area contributed by atoms with Gasteiger partial charge in [0.15, 0.2) is 10.6 Å². The van der Waals surface area contributed by atoms with Crippen molar-refractivity contribution in [2.24, 2.45) is 4.99 Å². The first-order chi connectivity index (χ1) is 11.2. The minimum atomic E-state index is -0.251. The van der Waals surface area contributed by atoms with Gasteiger partial charge in [-0.15, -0.1) is 11.3 Å². The van der Waals surface area contributed by atoms with Gasteiger partial charge in [-0.2, -0.15) is 0 Å². The maximum atomic E-state index is 13.1. The monoisotopic (exact) mass is 330 g/mol. The number of thiazole rings is 1. The van der Waals surface area contributed by atoms with E-state index < -0.39 is 0 Å². The molecule has 0 spiro atoms. The lowest BCUT2D eigenvalue weighted by Crippen LogP contribution is -2.20. The second-order valence-electron chi connectivity index (χ2n) is 5.31. The van der Waals surface area contributed by atoms with Gasteiger partial charge >= 0.3 is 0 Å². The maximum Gasteiger partial charge on any atom is 0.190 e. The van der Waals surface area contributed by atoms with Crippen molar-refractivity contribution in [2.75, 3.05) is 0 Å². The summed E-state index contributed by atoms with van der Waals surface area (Å²) < 4.78 is 20.9. The molecular weight excluding hydrogens is 311 g/mol. The van der Waals surface area contributed by atoms with E-state index in [2.05, 4.69) is 23.8 Å². The third-order valence-corrected chi connectivity index (χ3v) is 4.71. The lowest BCUT2D eigenvalue weighted by atomic mass is 10.1. The van der Waals surface area contributed by atoms with E-state index in [0.29, 0.717) is 6.04 Å². The van der Waals surface area contributed by atoms with Gasteiger partial charge in [0.2, 0.25) is 0 Å². The Labute approximate surface area is 138 Å². The van der Waals surface area contributed by atoms with Crippen molar-refractivity contribution in [1.29, 1.82) is 0 Å². The molecule has 0 aliphatic rings. The van der Waals surface area contributed by atoms with Crippen LogP contribution in [0.3, 0.4) is 0 Å². The molecule has 0 atom stereocenters. The van der Waals surface area contributed by atoms with Crippen LogP contribution in [0.2, 0.25) is 0 Å². The summed E-state index contributed by atoms with van der Waals surface area (Å²) in [6.45, 7) is 4.35. The molecule has 0 aliphatic heterocycles. The van der Waals surface area contributed by atoms with Crippen molar-refractivity contribution in [3.63, 3.8) is 0 Å². The Morgan fingerprint density at radius 1 is 1.17 bits per heavy atom. The van der Waals surface area contributed by atoms with Crippen molar-refractivity contribution in [2.45, 2.75) is 32.7 Å². The number of hydrogen-bond donors (Lipinski definition) is 0. The quantitative estimate of drug-likeness (QED) is 0.604. The van der Waals surface area contributed by atoms with E-state index in [9.17, 15) is 4.39 Å². The van der Waals surface area contributed by atoms with Crippen LogP contribution < -0.4 is 4.80 Å². The second-order valence-corrected chi connectivity index (χ2v) is 6.15. The van der Waals surface area contributed by atoms with Crippen LogP contribution in [0.1, 0.15) is 32.7 Å². The first kappa shape index (κ1) is 15.7. The summed E-state index contributed by atoms with van der Waals surface area (Å²) in [6.07, 6.45) is 3.70. The van der Waals surface area contributed by atoms with Crippen LogP contribution in [-0.4, -0.2) is 4.57 Å². The maximum absolute atomic E-state index is 13.1. The molecule has 0 saturated heterocycles. The molecular formula is C18H19FN2OS. The van der Waals surface area contributed by atoms with Gasteiger partial charge in [-0.25, -0.2) is 9.38 Å². The highest BCUT2D eigenvalue weighted by Gasteiger charge is 2.16. The van der Waals surface area contributed by atoms with Crippen LogP contribution in [0.4, 0.5) is 10.1 Å². The molecule has 2 heterocycles. The Balaban J connectivity index is 2.15. The van der Waals surface area contributed by atoms with Crippen LogP contribution in [0.5, 0.6) is 0 Å². The Hall–Kier alpha value is -2.14. The summed E-state index contributed by atoms with van der Waals surface area (Å²) in [5.74, 6) is 0.591. The van der Waals surface area contributed by atoms with Gasteiger partial charge in [0.1, 0.15) is 5.82 Å². The lowest BCUT2D eigenvalue weighted by molar-refractivity contribution is 0.459. The summed E-state index contributed by atoms with van der Waals surface area (Å²) in [5.41, 5.74) is 1.79. The molecule has 0 amide bonds. The third kappa shape index (κ3) is 3.29. The molecule has 3 nitrogen and oxygen atoms in total. The van der Waals surface area contributed by atoms with Crippen LogP contribution in [-0.2, 0) is 0 Å². The zero-order valence-electron chi connectivity index (χ0n) is 13.2. The number of rotatable bonds is 5. The predicted octanol–water partition coefficient (Wildman–Crippen LogP) is 5.54. The average Bonchev–Trinajstić information content (AvgIpc) is 3.21. The third-order valence-electron chi connectivity index (χ3n) is 3.87. The molecule has 3 rings (SSSR count). The van der Waals surface area contributed by atoms with Gasteiger partial charge in [0.25, 0.3) is 0 Å². The summed E-state index contributed by atoms with van der Waals surface area (Å²) in [5, 5.41) is 2.07. The fraction of sp³-hybridized carbons (Fsp3) is 0.278. The fourth-order valence-electron chi connectivity index (χ4n) is 2.64. The number of halogens is 1. The molecule has 0 N–H and O–H groups in total. The van der Waals surface area contributed by atoms with Gasteiger partial charge in [0, 0.05) is 11.4 Å². The van der Waals surface area contributed by atoms with Crippen LogP contribution in [0.15, 0.2) is 57.5 Å². The molecule has 2 aromatic heterocycles. The Morgan fingerprint density at radius 2 is 1.91 bits per heavy atom. The molecule has 120 valence electrons. The molecule has 0 radical (unpaired) electrons. The molecule has 5 heteroatoms. The number of benzene rings is 1. The van der Waals surface area contributed by atoms with E-state index in [1.165, 1.54) is 12.1 Å². The van der Waals surface area contributed by atoms with E-state index in [0.717, 1.165) is 34.8 Å². The first-order valence-electron chi connectivity index (χ1n) is 7.77. The summed E-state index contributed by atoms with van der Waals surface area (Å²) in [6, 6.07) is 10.4. The summed E-state index contributed by atoms with van der Waals surface area (Å²) in [4.78, 5) is 5.60. The summed E-state index contributed by atoms with van der Waals surface area (Å²) in [7, 11) is 0. The summed E-state index contributed by atoms with van der Waals surface area (Å²) >= 11 is 1.58. The molecule has 1 aromatic carbocycles. The molecule has 0 unspecified atom stereocenters. The van der Waals surface area contributed by atoms with Crippen LogP contribution in [0.25, 0.3) is 11.5 Å². The van der Waals surface area contributed by atoms with Crippen molar-refractivity contribution >= 4 is 17.0 Å². The Bertz CT molecular complexity index is 812. The molecule has 0 aliphatic carbocycles. The highest BCUT2D eigenvalue weighted by atomic mass is 32.1. The van der Waals surface area contributed by atoms with Gasteiger partial charge in [0.05, 0.1) is 17.6 Å². The van der Waals surface area contributed by atoms with Crippen molar-refractivity contribution in [3.8, 4) is 11.5 Å². The smallest absolute Gasteiger partial charge is 0.190 e. The number of hydrogen-bond acceptors (Lipinski definition) is 3. The van der Waals surface area contributed by atoms with Crippen LogP contribution in [0, 0.1) is 5.82 Å². The number of nitrogens with zero attached hydrogens (tertiary/aromatic N) is 2. The molecule has 23 heavy (non-hydrogen) atoms. The predicted molar refractivity (Wildman–Crippen MR) is 91.3 cm³/mol. The zero-order chi connectivity index (χ0) is 16.2. The van der Waals surface area contributed by atoms with E-state index in [-0.39, 0.29) is 5.82 Å². The number of furan rings is 1. The van der Waals surface area contributed by atoms with E-state index in [1.54, 1.807) is 29.7 Å². The molecule has 3 aromatic rings. The average molecular weight is 330 g/mol. The fourth-order valence-corrected chi connectivity index (χ4v) is 3.61. The minimum absolute atomic E-state index is 0.251. The van der Waals surface area contributed by atoms with Crippen molar-refractivity contribution < 1.29 is 8.81 Å². The normalized spacial score (nSPS) is 12.3. The second kappa shape index (κ2) is 6.96. The largest absolute Gasteiger partial charge is 0.463 e. The molecule has 0 bridgehead atoms. The van der Waals surface area contributed by atoms with Gasteiger partial charge in [-0.1, -0.05) is 13.8 Å². The lowest BCUT2D eigenvalue weighted by Gasteiger charge is -2.17. The number of aromatic nitrogens is 1. The van der Waals surface area contributed by atoms with Crippen molar-refractivity contribution in [1.82, 2.24) is 4.57 Å². The van der Waals surface area contributed by atoms with Crippen LogP contribution >= 0.6 is 11.3 Å². The van der Waals surface area contributed by atoms with E-state index in [1.807, 2.05) is 12.1 Å². The van der Waals surface area contributed by atoms with Crippen molar-refractivity contribution in [3.05, 3.63) is 58.7 Å². The minimum Gasteiger partial charge on any atom is -0.463 e. The van der Waals surface area contributed by atoms with Gasteiger partial charge in [-0.05, 0) is 49.2 Å². The van der Waals surface area contributed by atoms with E-state index in [4.69, 9.17) is 9.41 Å². The van der Waals surface area contributed by atoms with Gasteiger partial charge < -0.3 is 8.98 Å². The first-order valence-corrected chi connectivity index (χ1v) is 8.65. The SMILES string of the molecule is CCC(CC)n1c(-c2ccco2)csc1=Nc1ccc(F)cc1. The topological polar surface area (TPSA) is 30.4 Å². The highest BCUT2D eigenvalue weighted by Crippen LogP contribution is 2.27. The zero-order valence-corrected chi connectivity index (χ0v) is 14.0. The van der Waals surface area contributed by atoms with Gasteiger partial charge in [-0.3, -0.25) is 0 Å². The van der Waals surface area contributed by atoms with E-state index >= 15 is 0 Å². The highest BCUT2D eigenvalue weighted by molar-refractivity contribution is 7.07. The standard InChI is InChI=1S/C18H19FN2OS/c1-3-15(4-2)21-16(17-6-5-11-22-17)12-23-18(21)20-14-9-7-13(19)8-10-14/h5-12,15H,3-4H2,1-2H3. The Kier molecular flexibility index (Phi) is 4.76. The molecule has 0 fully saturated rings.